The maximum absolute atomic E-state index is 11.9. The first-order chi connectivity index (χ1) is 8.50. The van der Waals surface area contributed by atoms with Gasteiger partial charge < -0.3 is 20.1 Å². The Hall–Kier alpha value is -1.14. The molecule has 2 heterocycles. The Morgan fingerprint density at radius 2 is 2.22 bits per heavy atom. The largest absolute Gasteiger partial charge is 0.481 e. The van der Waals surface area contributed by atoms with Crippen molar-refractivity contribution >= 4 is 11.9 Å². The van der Waals surface area contributed by atoms with Crippen molar-refractivity contribution in [2.24, 2.45) is 5.92 Å². The fourth-order valence-corrected chi connectivity index (χ4v) is 2.31. The van der Waals surface area contributed by atoms with E-state index in [2.05, 4.69) is 5.32 Å². The minimum Gasteiger partial charge on any atom is -0.481 e. The van der Waals surface area contributed by atoms with Crippen molar-refractivity contribution in [1.82, 2.24) is 10.2 Å². The number of carbonyl (C=O) groups excluding carboxylic acids is 1. The standard InChI is InChI=1S/C12H20N2O4/c1-12(7-13-8-12)18-6-10(15)14-4-2-3-9(5-14)11(16)17/h9,13H,2-8H2,1H3,(H,16,17). The maximum Gasteiger partial charge on any atom is 0.308 e. The second-order valence-electron chi connectivity index (χ2n) is 5.36. The quantitative estimate of drug-likeness (QED) is 0.721. The smallest absolute Gasteiger partial charge is 0.308 e. The second kappa shape index (κ2) is 5.24. The van der Waals surface area contributed by atoms with Crippen LogP contribution >= 0.6 is 0 Å². The molecule has 0 aromatic heterocycles. The van der Waals surface area contributed by atoms with Gasteiger partial charge in [0.2, 0.25) is 5.91 Å². The summed E-state index contributed by atoms with van der Waals surface area (Å²) < 4.78 is 5.58. The van der Waals surface area contributed by atoms with E-state index < -0.39 is 11.9 Å². The number of aliphatic carboxylic acids is 1. The zero-order valence-electron chi connectivity index (χ0n) is 10.6. The summed E-state index contributed by atoms with van der Waals surface area (Å²) >= 11 is 0. The van der Waals surface area contributed by atoms with E-state index in [9.17, 15) is 9.59 Å². The summed E-state index contributed by atoms with van der Waals surface area (Å²) in [5.74, 6) is -1.35. The molecule has 0 radical (unpaired) electrons. The third kappa shape index (κ3) is 3.00. The van der Waals surface area contributed by atoms with E-state index in [-0.39, 0.29) is 18.1 Å². The molecule has 0 aromatic carbocycles. The van der Waals surface area contributed by atoms with Gasteiger partial charge in [0.15, 0.2) is 0 Å². The highest BCUT2D eigenvalue weighted by atomic mass is 16.5. The zero-order valence-corrected chi connectivity index (χ0v) is 10.6. The lowest BCUT2D eigenvalue weighted by Gasteiger charge is -2.39. The SMILES string of the molecule is CC1(OCC(=O)N2CCCC(C(=O)O)C2)CNC1. The second-order valence-corrected chi connectivity index (χ2v) is 5.36. The molecule has 2 saturated heterocycles. The molecule has 2 fully saturated rings. The summed E-state index contributed by atoms with van der Waals surface area (Å²) in [6.45, 7) is 4.49. The number of carboxylic acid groups (broad SMARTS) is 1. The Balaban J connectivity index is 1.79. The lowest BCUT2D eigenvalue weighted by Crippen LogP contribution is -2.60. The Labute approximate surface area is 106 Å². The molecule has 18 heavy (non-hydrogen) atoms. The molecule has 2 rings (SSSR count). The van der Waals surface area contributed by atoms with Gasteiger partial charge in [0.25, 0.3) is 0 Å². The van der Waals surface area contributed by atoms with E-state index in [1.807, 2.05) is 6.92 Å². The normalized spacial score (nSPS) is 26.5. The van der Waals surface area contributed by atoms with Crippen LogP contribution in [0.15, 0.2) is 0 Å². The van der Waals surface area contributed by atoms with Crippen molar-refractivity contribution in [3.63, 3.8) is 0 Å². The molecule has 1 amide bonds. The number of carboxylic acids is 1. The number of piperidine rings is 1. The van der Waals surface area contributed by atoms with E-state index in [0.717, 1.165) is 19.5 Å². The molecule has 6 nitrogen and oxygen atoms in total. The Kier molecular flexibility index (Phi) is 3.87. The highest BCUT2D eigenvalue weighted by molar-refractivity contribution is 5.79. The average Bonchev–Trinajstić information content (AvgIpc) is 2.33. The molecule has 102 valence electrons. The highest BCUT2D eigenvalue weighted by Gasteiger charge is 2.34. The van der Waals surface area contributed by atoms with Crippen LogP contribution in [0.25, 0.3) is 0 Å². The number of ether oxygens (including phenoxy) is 1. The Morgan fingerprint density at radius 1 is 1.50 bits per heavy atom. The zero-order chi connectivity index (χ0) is 13.2. The van der Waals surface area contributed by atoms with Crippen LogP contribution in [0.1, 0.15) is 19.8 Å². The van der Waals surface area contributed by atoms with E-state index in [4.69, 9.17) is 9.84 Å². The number of rotatable bonds is 4. The minimum atomic E-state index is -0.816. The fourth-order valence-electron chi connectivity index (χ4n) is 2.31. The summed E-state index contributed by atoms with van der Waals surface area (Å²) in [7, 11) is 0. The highest BCUT2D eigenvalue weighted by Crippen LogP contribution is 2.18. The predicted octanol–water partition coefficient (Wildman–Crippen LogP) is -0.312. The van der Waals surface area contributed by atoms with E-state index >= 15 is 0 Å². The maximum atomic E-state index is 11.9. The van der Waals surface area contributed by atoms with Crippen molar-refractivity contribution in [3.05, 3.63) is 0 Å². The number of carbonyl (C=O) groups is 2. The van der Waals surface area contributed by atoms with Gasteiger partial charge in [0, 0.05) is 26.2 Å². The topological polar surface area (TPSA) is 78.9 Å². The van der Waals surface area contributed by atoms with Crippen molar-refractivity contribution in [2.45, 2.75) is 25.4 Å². The van der Waals surface area contributed by atoms with E-state index in [0.29, 0.717) is 19.5 Å². The number of amides is 1. The molecular weight excluding hydrogens is 236 g/mol. The number of hydrogen-bond donors (Lipinski definition) is 2. The summed E-state index contributed by atoms with van der Waals surface area (Å²) in [6.07, 6.45) is 1.41. The van der Waals surface area contributed by atoms with Crippen molar-refractivity contribution in [3.8, 4) is 0 Å². The van der Waals surface area contributed by atoms with Gasteiger partial charge in [0.05, 0.1) is 11.5 Å². The van der Waals surface area contributed by atoms with Gasteiger partial charge in [-0.3, -0.25) is 9.59 Å². The van der Waals surface area contributed by atoms with Gasteiger partial charge in [-0.05, 0) is 19.8 Å². The molecule has 1 unspecified atom stereocenters. The lowest BCUT2D eigenvalue weighted by molar-refractivity contribution is -0.151. The molecule has 0 spiro atoms. The first-order valence-electron chi connectivity index (χ1n) is 6.35. The molecule has 0 bridgehead atoms. The summed E-state index contributed by atoms with van der Waals surface area (Å²) in [6, 6.07) is 0. The van der Waals surface area contributed by atoms with Gasteiger partial charge >= 0.3 is 5.97 Å². The molecule has 2 aliphatic rings. The van der Waals surface area contributed by atoms with E-state index in [1.165, 1.54) is 0 Å². The van der Waals surface area contributed by atoms with Crippen LogP contribution in [0, 0.1) is 5.92 Å². The lowest BCUT2D eigenvalue weighted by atomic mass is 9.98. The Bertz CT molecular complexity index is 341. The van der Waals surface area contributed by atoms with Crippen LogP contribution in [-0.4, -0.2) is 60.3 Å². The van der Waals surface area contributed by atoms with Crippen LogP contribution in [-0.2, 0) is 14.3 Å². The van der Waals surface area contributed by atoms with Gasteiger partial charge in [-0.2, -0.15) is 0 Å². The molecule has 1 atom stereocenters. The molecule has 2 aliphatic heterocycles. The van der Waals surface area contributed by atoms with Crippen molar-refractivity contribution in [2.75, 3.05) is 32.8 Å². The first kappa shape index (κ1) is 13.3. The summed E-state index contributed by atoms with van der Waals surface area (Å²) in [5, 5.41) is 12.1. The number of hydrogen-bond acceptors (Lipinski definition) is 4. The predicted molar refractivity (Wildman–Crippen MR) is 64.2 cm³/mol. The van der Waals surface area contributed by atoms with Crippen LogP contribution in [0.4, 0.5) is 0 Å². The van der Waals surface area contributed by atoms with Crippen molar-refractivity contribution < 1.29 is 19.4 Å². The molecule has 0 aliphatic carbocycles. The van der Waals surface area contributed by atoms with Gasteiger partial charge in [-0.25, -0.2) is 0 Å². The third-order valence-corrected chi connectivity index (χ3v) is 3.67. The molecule has 6 heteroatoms. The third-order valence-electron chi connectivity index (χ3n) is 3.67. The summed E-state index contributed by atoms with van der Waals surface area (Å²) in [5.41, 5.74) is -0.238. The molecule has 0 aromatic rings. The molecule has 2 N–H and O–H groups in total. The van der Waals surface area contributed by atoms with Gasteiger partial charge in [0.1, 0.15) is 6.61 Å². The van der Waals surface area contributed by atoms with Crippen LogP contribution in [0.3, 0.4) is 0 Å². The molecular formula is C12H20N2O4. The fraction of sp³-hybridized carbons (Fsp3) is 0.833. The summed E-state index contributed by atoms with van der Waals surface area (Å²) in [4.78, 5) is 24.5. The average molecular weight is 256 g/mol. The number of likely N-dealkylation sites (tertiary alicyclic amines) is 1. The van der Waals surface area contributed by atoms with Gasteiger partial charge in [-0.15, -0.1) is 0 Å². The van der Waals surface area contributed by atoms with Crippen LogP contribution in [0.2, 0.25) is 0 Å². The van der Waals surface area contributed by atoms with Gasteiger partial charge in [-0.1, -0.05) is 0 Å². The van der Waals surface area contributed by atoms with E-state index in [1.54, 1.807) is 4.90 Å². The molecule has 0 saturated carbocycles. The van der Waals surface area contributed by atoms with Crippen molar-refractivity contribution in [1.29, 1.82) is 0 Å². The van der Waals surface area contributed by atoms with Crippen LogP contribution in [0.5, 0.6) is 0 Å². The monoisotopic (exact) mass is 256 g/mol. The Morgan fingerprint density at radius 3 is 2.78 bits per heavy atom. The minimum absolute atomic E-state index is 0.0461. The number of nitrogens with zero attached hydrogens (tertiary/aromatic N) is 1. The first-order valence-corrected chi connectivity index (χ1v) is 6.35. The number of nitrogens with one attached hydrogen (secondary N) is 1. The van der Waals surface area contributed by atoms with Crippen LogP contribution < -0.4 is 5.32 Å².